The Labute approximate surface area is 182 Å². The lowest BCUT2D eigenvalue weighted by atomic mass is 10.2. The summed E-state index contributed by atoms with van der Waals surface area (Å²) in [6.07, 6.45) is 0. The summed E-state index contributed by atoms with van der Waals surface area (Å²) in [5, 5.41) is 6.94. The second-order valence-corrected chi connectivity index (χ2v) is 7.26. The van der Waals surface area contributed by atoms with E-state index in [2.05, 4.69) is 15.6 Å². The maximum atomic E-state index is 13.1. The molecule has 0 aliphatic carbocycles. The average Bonchev–Trinajstić information content (AvgIpc) is 2.77. The van der Waals surface area contributed by atoms with Gasteiger partial charge in [0.1, 0.15) is 18.2 Å². The van der Waals surface area contributed by atoms with Crippen molar-refractivity contribution in [3.8, 4) is 0 Å². The molecular weight excluding hydrogens is 419 g/mol. The maximum Gasteiger partial charge on any atom is 0.350 e. The van der Waals surface area contributed by atoms with Gasteiger partial charge in [-0.15, -0.1) is 0 Å². The van der Waals surface area contributed by atoms with Crippen molar-refractivity contribution < 1.29 is 9.18 Å². The SMILES string of the molecule is O=C(Cn1c(=O)nc(NCc2ccc(F)cc2)c2ccccc21)Nc1ccccc1Cl. The number of nitrogens with zero attached hydrogens (tertiary/aromatic N) is 2. The largest absolute Gasteiger partial charge is 0.365 e. The van der Waals surface area contributed by atoms with E-state index < -0.39 is 11.6 Å². The van der Waals surface area contributed by atoms with Gasteiger partial charge in [0.25, 0.3) is 0 Å². The number of rotatable bonds is 6. The first-order valence-corrected chi connectivity index (χ1v) is 9.91. The fourth-order valence-corrected chi connectivity index (χ4v) is 3.38. The lowest BCUT2D eigenvalue weighted by Crippen LogP contribution is -2.30. The summed E-state index contributed by atoms with van der Waals surface area (Å²) in [7, 11) is 0. The number of nitrogens with one attached hydrogen (secondary N) is 2. The first-order chi connectivity index (χ1) is 15.0. The van der Waals surface area contributed by atoms with Crippen LogP contribution in [0.15, 0.2) is 77.6 Å². The highest BCUT2D eigenvalue weighted by Gasteiger charge is 2.14. The second-order valence-electron chi connectivity index (χ2n) is 6.85. The van der Waals surface area contributed by atoms with E-state index in [1.165, 1.54) is 16.7 Å². The summed E-state index contributed by atoms with van der Waals surface area (Å²) >= 11 is 6.09. The van der Waals surface area contributed by atoms with E-state index in [1.807, 2.05) is 12.1 Å². The van der Waals surface area contributed by atoms with Gasteiger partial charge in [-0.05, 0) is 42.0 Å². The van der Waals surface area contributed by atoms with Crippen molar-refractivity contribution >= 4 is 39.9 Å². The number of carbonyl (C=O) groups is 1. The van der Waals surface area contributed by atoms with Crippen LogP contribution in [0.4, 0.5) is 15.9 Å². The van der Waals surface area contributed by atoms with Gasteiger partial charge in [-0.1, -0.05) is 48.0 Å². The zero-order chi connectivity index (χ0) is 21.8. The van der Waals surface area contributed by atoms with Crippen LogP contribution in [0.5, 0.6) is 0 Å². The summed E-state index contributed by atoms with van der Waals surface area (Å²) in [5.74, 6) is -0.313. The van der Waals surface area contributed by atoms with Crippen LogP contribution in [-0.4, -0.2) is 15.5 Å². The number of fused-ring (bicyclic) bond motifs is 1. The third kappa shape index (κ3) is 4.73. The van der Waals surface area contributed by atoms with Gasteiger partial charge in [-0.25, -0.2) is 9.18 Å². The summed E-state index contributed by atoms with van der Waals surface area (Å²) in [5.41, 5.74) is 1.32. The van der Waals surface area contributed by atoms with Crippen LogP contribution in [0, 0.1) is 5.82 Å². The molecule has 0 unspecified atom stereocenters. The zero-order valence-electron chi connectivity index (χ0n) is 16.3. The molecule has 6 nitrogen and oxygen atoms in total. The van der Waals surface area contributed by atoms with Crippen LogP contribution in [0.25, 0.3) is 10.9 Å². The van der Waals surface area contributed by atoms with Gasteiger partial charge in [0.2, 0.25) is 5.91 Å². The quantitative estimate of drug-likeness (QED) is 0.468. The Morgan fingerprint density at radius 2 is 1.71 bits per heavy atom. The molecule has 0 radical (unpaired) electrons. The molecule has 0 aliphatic heterocycles. The summed E-state index contributed by atoms with van der Waals surface area (Å²) in [6, 6.07) is 20.1. The van der Waals surface area contributed by atoms with E-state index in [0.717, 1.165) is 5.56 Å². The number of anilines is 2. The predicted molar refractivity (Wildman–Crippen MR) is 120 cm³/mol. The fraction of sp³-hybridized carbons (Fsp3) is 0.0870. The number of benzene rings is 3. The minimum atomic E-state index is -0.561. The van der Waals surface area contributed by atoms with Crippen molar-refractivity contribution in [1.29, 1.82) is 0 Å². The number of halogens is 2. The molecular formula is C23H18ClFN4O2. The summed E-state index contributed by atoms with van der Waals surface area (Å²) in [4.78, 5) is 29.4. The molecule has 1 amide bonds. The minimum absolute atomic E-state index is 0.212. The van der Waals surface area contributed by atoms with Crippen LogP contribution in [-0.2, 0) is 17.9 Å². The molecule has 0 bridgehead atoms. The number of para-hydroxylation sites is 2. The first-order valence-electron chi connectivity index (χ1n) is 9.53. The summed E-state index contributed by atoms with van der Waals surface area (Å²) < 4.78 is 14.4. The molecule has 2 N–H and O–H groups in total. The lowest BCUT2D eigenvalue weighted by Gasteiger charge is -2.14. The zero-order valence-corrected chi connectivity index (χ0v) is 17.1. The van der Waals surface area contributed by atoms with E-state index >= 15 is 0 Å². The Kier molecular flexibility index (Phi) is 5.95. The van der Waals surface area contributed by atoms with Crippen molar-refractivity contribution in [3.05, 3.63) is 99.7 Å². The molecule has 1 aromatic heterocycles. The Balaban J connectivity index is 1.60. The Morgan fingerprint density at radius 3 is 2.48 bits per heavy atom. The topological polar surface area (TPSA) is 76.0 Å². The molecule has 156 valence electrons. The highest BCUT2D eigenvalue weighted by Crippen LogP contribution is 2.22. The van der Waals surface area contributed by atoms with Gasteiger partial charge in [0.05, 0.1) is 16.2 Å². The van der Waals surface area contributed by atoms with Crippen LogP contribution in [0.1, 0.15) is 5.56 Å². The Bertz CT molecular complexity index is 1310. The lowest BCUT2D eigenvalue weighted by molar-refractivity contribution is -0.116. The average molecular weight is 437 g/mol. The second kappa shape index (κ2) is 8.97. The highest BCUT2D eigenvalue weighted by atomic mass is 35.5. The molecule has 4 aromatic rings. The van der Waals surface area contributed by atoms with Crippen molar-refractivity contribution in [2.24, 2.45) is 0 Å². The van der Waals surface area contributed by atoms with Crippen molar-refractivity contribution in [1.82, 2.24) is 9.55 Å². The Hall–Kier alpha value is -3.71. The molecule has 8 heteroatoms. The standard InChI is InChI=1S/C23H18ClFN4O2/c24-18-6-2-3-7-19(18)27-21(30)14-29-20-8-4-1-5-17(20)22(28-23(29)31)26-13-15-9-11-16(25)12-10-15/h1-12H,13-14H2,(H,27,30)(H,26,28,31). The normalized spacial score (nSPS) is 10.8. The molecule has 0 saturated heterocycles. The molecule has 3 aromatic carbocycles. The number of hydrogen-bond donors (Lipinski definition) is 2. The number of hydrogen-bond acceptors (Lipinski definition) is 4. The molecule has 31 heavy (non-hydrogen) atoms. The van der Waals surface area contributed by atoms with Crippen molar-refractivity contribution in [3.63, 3.8) is 0 Å². The van der Waals surface area contributed by atoms with E-state index in [9.17, 15) is 14.0 Å². The first kappa shape index (κ1) is 20.6. The van der Waals surface area contributed by atoms with Crippen LogP contribution in [0.3, 0.4) is 0 Å². The van der Waals surface area contributed by atoms with Gasteiger partial charge in [0, 0.05) is 11.9 Å². The Morgan fingerprint density at radius 1 is 1.00 bits per heavy atom. The van der Waals surface area contributed by atoms with Gasteiger partial charge >= 0.3 is 5.69 Å². The van der Waals surface area contributed by atoms with Crippen LogP contribution in [0.2, 0.25) is 5.02 Å². The molecule has 0 atom stereocenters. The number of amides is 1. The van der Waals surface area contributed by atoms with E-state index in [4.69, 9.17) is 11.6 Å². The summed E-state index contributed by atoms with van der Waals surface area (Å²) in [6.45, 7) is 0.156. The fourth-order valence-electron chi connectivity index (χ4n) is 3.20. The molecule has 0 saturated carbocycles. The minimum Gasteiger partial charge on any atom is -0.365 e. The van der Waals surface area contributed by atoms with Crippen LogP contribution < -0.4 is 16.3 Å². The van der Waals surface area contributed by atoms with Gasteiger partial charge in [-0.3, -0.25) is 9.36 Å². The highest BCUT2D eigenvalue weighted by molar-refractivity contribution is 6.33. The molecule has 0 fully saturated rings. The van der Waals surface area contributed by atoms with Crippen molar-refractivity contribution in [2.45, 2.75) is 13.1 Å². The third-order valence-corrected chi connectivity index (χ3v) is 5.04. The number of aromatic nitrogens is 2. The van der Waals surface area contributed by atoms with Crippen LogP contribution >= 0.6 is 11.6 Å². The van der Waals surface area contributed by atoms with E-state index in [-0.39, 0.29) is 12.4 Å². The molecule has 4 rings (SSSR count). The monoisotopic (exact) mass is 436 g/mol. The van der Waals surface area contributed by atoms with Gasteiger partial charge in [0.15, 0.2) is 0 Å². The predicted octanol–water partition coefficient (Wildman–Crippen LogP) is 4.44. The molecule has 1 heterocycles. The molecule has 0 spiro atoms. The van der Waals surface area contributed by atoms with Gasteiger partial charge in [-0.2, -0.15) is 4.98 Å². The van der Waals surface area contributed by atoms with E-state index in [1.54, 1.807) is 48.5 Å². The number of carbonyl (C=O) groups excluding carboxylic acids is 1. The van der Waals surface area contributed by atoms with E-state index in [0.29, 0.717) is 34.0 Å². The van der Waals surface area contributed by atoms with Crippen molar-refractivity contribution in [2.75, 3.05) is 10.6 Å². The maximum absolute atomic E-state index is 13.1. The van der Waals surface area contributed by atoms with Gasteiger partial charge < -0.3 is 10.6 Å². The third-order valence-electron chi connectivity index (χ3n) is 4.71. The molecule has 0 aliphatic rings. The smallest absolute Gasteiger partial charge is 0.350 e.